The second-order valence-electron chi connectivity index (χ2n) is 4.92. The molecule has 16 heavy (non-hydrogen) atoms. The lowest BCUT2D eigenvalue weighted by Gasteiger charge is -2.28. The van der Waals surface area contributed by atoms with Crippen LogP contribution in [0.3, 0.4) is 0 Å². The first-order valence-corrected chi connectivity index (χ1v) is 5.77. The van der Waals surface area contributed by atoms with Crippen LogP contribution in [0.5, 0.6) is 0 Å². The zero-order valence-corrected chi connectivity index (χ0v) is 10.7. The van der Waals surface area contributed by atoms with Crippen LogP contribution in [0.4, 0.5) is 0 Å². The molecule has 0 amide bonds. The van der Waals surface area contributed by atoms with Gasteiger partial charge in [-0.3, -0.25) is 4.79 Å². The number of methoxy groups -OCH3 is 2. The average Bonchev–Trinajstić information content (AvgIpc) is 2.52. The van der Waals surface area contributed by atoms with Crippen molar-refractivity contribution in [1.82, 2.24) is 0 Å². The minimum atomic E-state index is -0.105. The fourth-order valence-electron chi connectivity index (χ4n) is 2.47. The van der Waals surface area contributed by atoms with Crippen molar-refractivity contribution in [2.45, 2.75) is 33.1 Å². The molecular formula is C13H22O3. The first kappa shape index (κ1) is 13.2. The maximum absolute atomic E-state index is 11.3. The summed E-state index contributed by atoms with van der Waals surface area (Å²) >= 11 is 0. The van der Waals surface area contributed by atoms with E-state index >= 15 is 0 Å². The Balaban J connectivity index is 2.67. The predicted molar refractivity (Wildman–Crippen MR) is 63.1 cm³/mol. The van der Waals surface area contributed by atoms with Gasteiger partial charge in [0.15, 0.2) is 0 Å². The van der Waals surface area contributed by atoms with Crippen molar-refractivity contribution < 1.29 is 14.3 Å². The first-order chi connectivity index (χ1) is 7.52. The second-order valence-corrected chi connectivity index (χ2v) is 4.92. The Morgan fingerprint density at radius 2 is 2.19 bits per heavy atom. The SMILES string of the molecule is COC/C=C1\CCC(CC(=O)OC)C1(C)C. The number of carbonyl (C=O) groups is 1. The van der Waals surface area contributed by atoms with Crippen LogP contribution < -0.4 is 0 Å². The number of rotatable bonds is 4. The highest BCUT2D eigenvalue weighted by Gasteiger charge is 2.39. The summed E-state index contributed by atoms with van der Waals surface area (Å²) in [4.78, 5) is 11.3. The number of hydrogen-bond donors (Lipinski definition) is 0. The molecule has 3 heteroatoms. The Bertz CT molecular complexity index is 279. The van der Waals surface area contributed by atoms with E-state index in [1.165, 1.54) is 12.7 Å². The van der Waals surface area contributed by atoms with Gasteiger partial charge in [0, 0.05) is 13.5 Å². The average molecular weight is 226 g/mol. The molecule has 1 aliphatic rings. The Kier molecular flexibility index (Phi) is 4.54. The van der Waals surface area contributed by atoms with Crippen molar-refractivity contribution in [2.75, 3.05) is 20.8 Å². The summed E-state index contributed by atoms with van der Waals surface area (Å²) in [5.41, 5.74) is 1.50. The maximum Gasteiger partial charge on any atom is 0.305 e. The Hall–Kier alpha value is -0.830. The summed E-state index contributed by atoms with van der Waals surface area (Å²) in [6.07, 6.45) is 4.81. The zero-order chi connectivity index (χ0) is 12.2. The molecule has 0 bridgehead atoms. The van der Waals surface area contributed by atoms with E-state index in [0.717, 1.165) is 12.8 Å². The summed E-state index contributed by atoms with van der Waals surface area (Å²) in [6, 6.07) is 0. The lowest BCUT2D eigenvalue weighted by atomic mass is 9.77. The van der Waals surface area contributed by atoms with Crippen LogP contribution >= 0.6 is 0 Å². The molecule has 1 fully saturated rings. The Morgan fingerprint density at radius 1 is 1.50 bits per heavy atom. The fraction of sp³-hybridized carbons (Fsp3) is 0.769. The molecule has 0 saturated heterocycles. The highest BCUT2D eigenvalue weighted by Crippen LogP contribution is 2.48. The van der Waals surface area contributed by atoms with Gasteiger partial charge in [0.25, 0.3) is 0 Å². The van der Waals surface area contributed by atoms with Gasteiger partial charge < -0.3 is 9.47 Å². The molecule has 1 saturated carbocycles. The van der Waals surface area contributed by atoms with Crippen LogP contribution in [0.2, 0.25) is 0 Å². The number of allylic oxidation sites excluding steroid dienone is 1. The van der Waals surface area contributed by atoms with Gasteiger partial charge in [-0.15, -0.1) is 0 Å². The van der Waals surface area contributed by atoms with Gasteiger partial charge >= 0.3 is 5.97 Å². The van der Waals surface area contributed by atoms with Crippen LogP contribution in [0.15, 0.2) is 11.6 Å². The highest BCUT2D eigenvalue weighted by atomic mass is 16.5. The molecule has 3 nitrogen and oxygen atoms in total. The van der Waals surface area contributed by atoms with Crippen LogP contribution in [0.1, 0.15) is 33.1 Å². The van der Waals surface area contributed by atoms with E-state index in [1.54, 1.807) is 7.11 Å². The minimum Gasteiger partial charge on any atom is -0.469 e. The quantitative estimate of drug-likeness (QED) is 0.546. The van der Waals surface area contributed by atoms with Crippen molar-refractivity contribution in [1.29, 1.82) is 0 Å². The van der Waals surface area contributed by atoms with Gasteiger partial charge in [0.2, 0.25) is 0 Å². The third-order valence-corrected chi connectivity index (χ3v) is 3.75. The van der Waals surface area contributed by atoms with Gasteiger partial charge in [-0.1, -0.05) is 25.5 Å². The van der Waals surface area contributed by atoms with Gasteiger partial charge in [0.1, 0.15) is 0 Å². The van der Waals surface area contributed by atoms with E-state index in [2.05, 4.69) is 19.9 Å². The first-order valence-electron chi connectivity index (χ1n) is 5.77. The van der Waals surface area contributed by atoms with E-state index in [4.69, 9.17) is 9.47 Å². The second kappa shape index (κ2) is 5.48. The standard InChI is InChI=1S/C13H22O3/c1-13(2)10(7-8-15-3)5-6-11(13)9-12(14)16-4/h7,11H,5-6,8-9H2,1-4H3/b10-7+. The smallest absolute Gasteiger partial charge is 0.305 e. The number of hydrogen-bond acceptors (Lipinski definition) is 3. The van der Waals surface area contributed by atoms with Crippen LogP contribution in [-0.4, -0.2) is 26.8 Å². The van der Waals surface area contributed by atoms with E-state index < -0.39 is 0 Å². The van der Waals surface area contributed by atoms with E-state index in [-0.39, 0.29) is 11.4 Å². The van der Waals surface area contributed by atoms with Gasteiger partial charge in [-0.2, -0.15) is 0 Å². The minimum absolute atomic E-state index is 0.0900. The zero-order valence-electron chi connectivity index (χ0n) is 10.7. The summed E-state index contributed by atoms with van der Waals surface area (Å²) in [5.74, 6) is 0.286. The number of ether oxygens (including phenoxy) is 2. The Morgan fingerprint density at radius 3 is 2.75 bits per heavy atom. The molecule has 0 aromatic heterocycles. The van der Waals surface area contributed by atoms with Gasteiger partial charge in [0.05, 0.1) is 13.7 Å². The molecule has 0 heterocycles. The molecule has 1 unspecified atom stereocenters. The fourth-order valence-corrected chi connectivity index (χ4v) is 2.47. The van der Waals surface area contributed by atoms with E-state index in [0.29, 0.717) is 18.9 Å². The van der Waals surface area contributed by atoms with Crippen molar-refractivity contribution in [3.05, 3.63) is 11.6 Å². The predicted octanol–water partition coefficient (Wildman–Crippen LogP) is 2.56. The van der Waals surface area contributed by atoms with Crippen molar-refractivity contribution in [3.8, 4) is 0 Å². The topological polar surface area (TPSA) is 35.5 Å². The molecule has 0 radical (unpaired) electrons. The molecular weight excluding hydrogens is 204 g/mol. The molecule has 0 aromatic carbocycles. The third kappa shape index (κ3) is 2.85. The van der Waals surface area contributed by atoms with Gasteiger partial charge in [-0.05, 0) is 24.2 Å². The lowest BCUT2D eigenvalue weighted by Crippen LogP contribution is -2.22. The molecule has 1 atom stereocenters. The van der Waals surface area contributed by atoms with E-state index in [1.807, 2.05) is 0 Å². The molecule has 0 aromatic rings. The molecule has 1 rings (SSSR count). The highest BCUT2D eigenvalue weighted by molar-refractivity contribution is 5.69. The van der Waals surface area contributed by atoms with Crippen molar-refractivity contribution in [2.24, 2.45) is 11.3 Å². The van der Waals surface area contributed by atoms with Gasteiger partial charge in [-0.25, -0.2) is 0 Å². The summed E-state index contributed by atoms with van der Waals surface area (Å²) in [5, 5.41) is 0. The van der Waals surface area contributed by atoms with Crippen molar-refractivity contribution >= 4 is 5.97 Å². The van der Waals surface area contributed by atoms with Crippen molar-refractivity contribution in [3.63, 3.8) is 0 Å². The van der Waals surface area contributed by atoms with Crippen LogP contribution in [0.25, 0.3) is 0 Å². The lowest BCUT2D eigenvalue weighted by molar-refractivity contribution is -0.142. The molecule has 1 aliphatic carbocycles. The summed E-state index contributed by atoms with van der Waals surface area (Å²) in [6.45, 7) is 5.06. The van der Waals surface area contributed by atoms with Crippen LogP contribution in [-0.2, 0) is 14.3 Å². The number of carbonyl (C=O) groups excluding carboxylic acids is 1. The summed E-state index contributed by atoms with van der Waals surface area (Å²) < 4.78 is 9.81. The third-order valence-electron chi connectivity index (χ3n) is 3.75. The van der Waals surface area contributed by atoms with E-state index in [9.17, 15) is 4.79 Å². The monoisotopic (exact) mass is 226 g/mol. The largest absolute Gasteiger partial charge is 0.469 e. The summed E-state index contributed by atoms with van der Waals surface area (Å²) in [7, 11) is 3.15. The molecule has 0 aliphatic heterocycles. The molecule has 0 spiro atoms. The molecule has 92 valence electrons. The van der Waals surface area contributed by atoms with Crippen LogP contribution in [0, 0.1) is 11.3 Å². The number of esters is 1. The molecule has 0 N–H and O–H groups in total. The Labute approximate surface area is 97.8 Å². The maximum atomic E-state index is 11.3. The normalized spacial score (nSPS) is 26.0.